The summed E-state index contributed by atoms with van der Waals surface area (Å²) >= 11 is 0. The normalized spacial score (nSPS) is 20.4. The highest BCUT2D eigenvalue weighted by Crippen LogP contribution is 2.34. The maximum absolute atomic E-state index is 5.38. The van der Waals surface area contributed by atoms with Crippen LogP contribution in [0.5, 0.6) is 11.5 Å². The van der Waals surface area contributed by atoms with E-state index >= 15 is 0 Å². The fourth-order valence-electron chi connectivity index (χ4n) is 2.72. The molecule has 0 fully saturated rings. The molecule has 0 radical (unpaired) electrons. The minimum absolute atomic E-state index is 0.326. The van der Waals surface area contributed by atoms with Crippen LogP contribution >= 0.6 is 0 Å². The van der Waals surface area contributed by atoms with Crippen molar-refractivity contribution in [3.8, 4) is 11.5 Å². The molecule has 1 atom stereocenters. The van der Waals surface area contributed by atoms with E-state index in [1.54, 1.807) is 0 Å². The Balaban J connectivity index is 1.56. The Morgan fingerprint density at radius 1 is 1.35 bits per heavy atom. The summed E-state index contributed by atoms with van der Waals surface area (Å²) in [7, 11) is 0. The lowest BCUT2D eigenvalue weighted by Gasteiger charge is -2.22. The quantitative estimate of drug-likeness (QED) is 0.835. The molecule has 0 amide bonds. The molecule has 1 N–H and O–H groups in total. The van der Waals surface area contributed by atoms with Gasteiger partial charge in [0.05, 0.1) is 0 Å². The number of anilines is 1. The van der Waals surface area contributed by atoms with Crippen molar-refractivity contribution in [2.24, 2.45) is 5.92 Å². The van der Waals surface area contributed by atoms with Crippen LogP contribution < -0.4 is 14.8 Å². The van der Waals surface area contributed by atoms with E-state index in [1.807, 2.05) is 18.2 Å². The molecule has 0 unspecified atom stereocenters. The fourth-order valence-corrected chi connectivity index (χ4v) is 2.72. The molecular weight excluding hydrogens is 250 g/mol. The summed E-state index contributed by atoms with van der Waals surface area (Å²) in [5.74, 6) is 2.33. The molecule has 0 spiro atoms. The lowest BCUT2D eigenvalue weighted by molar-refractivity contribution is 0.174. The topological polar surface area (TPSA) is 30.5 Å². The molecule has 106 valence electrons. The number of hydrogen-bond donors (Lipinski definition) is 1. The minimum atomic E-state index is 0.326. The predicted molar refractivity (Wildman–Crippen MR) is 81.3 cm³/mol. The van der Waals surface area contributed by atoms with Gasteiger partial charge in [-0.05, 0) is 44.2 Å². The Morgan fingerprint density at radius 2 is 2.20 bits per heavy atom. The van der Waals surface area contributed by atoms with Crippen LogP contribution in [0, 0.1) is 5.92 Å². The molecular formula is C17H21NO2. The van der Waals surface area contributed by atoms with E-state index in [2.05, 4.69) is 24.9 Å². The molecule has 2 aliphatic rings. The van der Waals surface area contributed by atoms with E-state index in [9.17, 15) is 0 Å². The standard InChI is InChI=1S/C17H21NO2/c1-12(2)14-5-3-13(4-6-14)10-18-15-7-8-16-17(9-15)20-11-19-16/h3,7-9,14,18H,1,4-6,10-11H2,2H3/t14-/m1/s1. The van der Waals surface area contributed by atoms with E-state index in [0.29, 0.717) is 12.7 Å². The van der Waals surface area contributed by atoms with E-state index in [0.717, 1.165) is 36.6 Å². The third kappa shape index (κ3) is 2.82. The molecule has 0 saturated carbocycles. The summed E-state index contributed by atoms with van der Waals surface area (Å²) in [6.45, 7) is 7.42. The molecule has 0 aromatic heterocycles. The van der Waals surface area contributed by atoms with Gasteiger partial charge < -0.3 is 14.8 Å². The Morgan fingerprint density at radius 3 is 2.95 bits per heavy atom. The summed E-state index contributed by atoms with van der Waals surface area (Å²) in [6, 6.07) is 5.99. The molecule has 1 aliphatic heterocycles. The second-order valence-corrected chi connectivity index (χ2v) is 5.60. The van der Waals surface area contributed by atoms with Gasteiger partial charge in [0.25, 0.3) is 0 Å². The smallest absolute Gasteiger partial charge is 0.231 e. The number of allylic oxidation sites excluding steroid dienone is 2. The van der Waals surface area contributed by atoms with Crippen molar-refractivity contribution >= 4 is 5.69 Å². The molecule has 0 bridgehead atoms. The van der Waals surface area contributed by atoms with Crippen LogP contribution in [0.3, 0.4) is 0 Å². The van der Waals surface area contributed by atoms with Crippen LogP contribution in [-0.2, 0) is 0 Å². The number of benzene rings is 1. The maximum Gasteiger partial charge on any atom is 0.231 e. The third-order valence-electron chi connectivity index (χ3n) is 4.09. The highest BCUT2D eigenvalue weighted by Gasteiger charge is 2.16. The van der Waals surface area contributed by atoms with Gasteiger partial charge in [-0.2, -0.15) is 0 Å². The SMILES string of the molecule is C=C(C)[C@@H]1CC=C(CNc2ccc3c(c2)OCO3)CC1. The van der Waals surface area contributed by atoms with Gasteiger partial charge in [0.15, 0.2) is 11.5 Å². The largest absolute Gasteiger partial charge is 0.454 e. The van der Waals surface area contributed by atoms with Gasteiger partial charge in [-0.15, -0.1) is 0 Å². The van der Waals surface area contributed by atoms with Gasteiger partial charge in [0, 0.05) is 18.3 Å². The van der Waals surface area contributed by atoms with Crippen molar-refractivity contribution < 1.29 is 9.47 Å². The van der Waals surface area contributed by atoms with Crippen LogP contribution in [0.2, 0.25) is 0 Å². The number of rotatable bonds is 4. The minimum Gasteiger partial charge on any atom is -0.454 e. The monoisotopic (exact) mass is 271 g/mol. The number of ether oxygens (including phenoxy) is 2. The van der Waals surface area contributed by atoms with Crippen molar-refractivity contribution in [2.45, 2.75) is 26.2 Å². The highest BCUT2D eigenvalue weighted by atomic mass is 16.7. The van der Waals surface area contributed by atoms with Crippen LogP contribution in [0.25, 0.3) is 0 Å². The summed E-state index contributed by atoms with van der Waals surface area (Å²) in [4.78, 5) is 0. The Kier molecular flexibility index (Phi) is 3.68. The molecule has 20 heavy (non-hydrogen) atoms. The summed E-state index contributed by atoms with van der Waals surface area (Å²) < 4.78 is 10.7. The molecule has 3 rings (SSSR count). The van der Waals surface area contributed by atoms with E-state index in [-0.39, 0.29) is 0 Å². The average Bonchev–Trinajstić information content (AvgIpc) is 2.93. The maximum atomic E-state index is 5.38. The van der Waals surface area contributed by atoms with Crippen molar-refractivity contribution in [1.29, 1.82) is 0 Å². The zero-order valence-electron chi connectivity index (χ0n) is 11.9. The van der Waals surface area contributed by atoms with Gasteiger partial charge in [0.2, 0.25) is 6.79 Å². The Hall–Kier alpha value is -1.90. The highest BCUT2D eigenvalue weighted by molar-refractivity contribution is 5.56. The summed E-state index contributed by atoms with van der Waals surface area (Å²) in [5, 5.41) is 3.46. The molecule has 1 aliphatic carbocycles. The lowest BCUT2D eigenvalue weighted by atomic mass is 9.85. The van der Waals surface area contributed by atoms with E-state index in [1.165, 1.54) is 17.6 Å². The van der Waals surface area contributed by atoms with Crippen LogP contribution in [0.1, 0.15) is 26.2 Å². The van der Waals surface area contributed by atoms with E-state index < -0.39 is 0 Å². The van der Waals surface area contributed by atoms with Crippen LogP contribution in [-0.4, -0.2) is 13.3 Å². The van der Waals surface area contributed by atoms with Gasteiger partial charge in [-0.3, -0.25) is 0 Å². The average molecular weight is 271 g/mol. The first kappa shape index (κ1) is 13.1. The molecule has 1 aromatic carbocycles. The van der Waals surface area contributed by atoms with Crippen molar-refractivity contribution in [2.75, 3.05) is 18.7 Å². The molecule has 3 heteroatoms. The van der Waals surface area contributed by atoms with Crippen LogP contribution in [0.4, 0.5) is 5.69 Å². The van der Waals surface area contributed by atoms with Gasteiger partial charge in [0.1, 0.15) is 0 Å². The number of fused-ring (bicyclic) bond motifs is 1. The first-order valence-corrected chi connectivity index (χ1v) is 7.19. The summed E-state index contributed by atoms with van der Waals surface area (Å²) in [6.07, 6.45) is 5.88. The van der Waals surface area contributed by atoms with Gasteiger partial charge in [-0.25, -0.2) is 0 Å². The van der Waals surface area contributed by atoms with Gasteiger partial charge >= 0.3 is 0 Å². The number of hydrogen-bond acceptors (Lipinski definition) is 3. The fraction of sp³-hybridized carbons (Fsp3) is 0.412. The molecule has 1 aromatic rings. The van der Waals surface area contributed by atoms with Gasteiger partial charge in [-0.1, -0.05) is 23.8 Å². The second-order valence-electron chi connectivity index (χ2n) is 5.60. The Bertz CT molecular complexity index is 548. The predicted octanol–water partition coefficient (Wildman–Crippen LogP) is 4.13. The molecule has 0 saturated heterocycles. The second kappa shape index (κ2) is 5.61. The van der Waals surface area contributed by atoms with Crippen molar-refractivity contribution in [1.82, 2.24) is 0 Å². The first-order chi connectivity index (χ1) is 9.72. The molecule has 3 nitrogen and oxygen atoms in total. The van der Waals surface area contributed by atoms with Crippen LogP contribution in [0.15, 0.2) is 42.0 Å². The van der Waals surface area contributed by atoms with Crippen molar-refractivity contribution in [3.05, 3.63) is 42.0 Å². The van der Waals surface area contributed by atoms with Crippen molar-refractivity contribution in [3.63, 3.8) is 0 Å². The Labute approximate surface area is 120 Å². The van der Waals surface area contributed by atoms with E-state index in [4.69, 9.17) is 9.47 Å². The first-order valence-electron chi connectivity index (χ1n) is 7.19. The molecule has 1 heterocycles. The summed E-state index contributed by atoms with van der Waals surface area (Å²) in [5.41, 5.74) is 3.88. The zero-order valence-corrected chi connectivity index (χ0v) is 11.9. The number of nitrogens with one attached hydrogen (secondary N) is 1. The lowest BCUT2D eigenvalue weighted by Crippen LogP contribution is -2.12. The third-order valence-corrected chi connectivity index (χ3v) is 4.09. The zero-order chi connectivity index (χ0) is 13.9.